The molecule has 0 amide bonds. The van der Waals surface area contributed by atoms with Crippen LogP contribution in [-0.4, -0.2) is 25.2 Å². The number of carboxylic acids is 1. The van der Waals surface area contributed by atoms with E-state index in [1.54, 1.807) is 0 Å². The molecule has 0 heterocycles. The molecule has 1 N–H and O–H groups in total. The Morgan fingerprint density at radius 2 is 2.06 bits per heavy atom. The Bertz CT molecular complexity index is 372. The fourth-order valence-corrected chi connectivity index (χ4v) is 1.78. The maximum atomic E-state index is 10.5. The number of aliphatic carboxylic acids is 1. The van der Waals surface area contributed by atoms with E-state index in [9.17, 15) is 4.79 Å². The lowest BCUT2D eigenvalue weighted by molar-refractivity contribution is -0.137. The molecule has 0 aliphatic heterocycles. The van der Waals surface area contributed by atoms with Crippen molar-refractivity contribution in [2.75, 3.05) is 19.0 Å². The summed E-state index contributed by atoms with van der Waals surface area (Å²) in [4.78, 5) is 12.5. The van der Waals surface area contributed by atoms with E-state index in [0.717, 1.165) is 6.42 Å². The first-order valence-corrected chi connectivity index (χ1v) is 5.49. The van der Waals surface area contributed by atoms with Gasteiger partial charge in [0, 0.05) is 26.2 Å². The molecule has 0 saturated heterocycles. The fraction of sp³-hybridized carbons (Fsp3) is 0.462. The molecule has 3 nitrogen and oxygen atoms in total. The van der Waals surface area contributed by atoms with E-state index >= 15 is 0 Å². The first-order chi connectivity index (χ1) is 7.50. The minimum absolute atomic E-state index is 0.237. The van der Waals surface area contributed by atoms with E-state index in [0.29, 0.717) is 6.42 Å². The standard InChI is InChI=1S/C13H19NO2/c1-10-7-8-12(14(2)3)11(9-10)5-4-6-13(15)16/h7-9H,4-6H2,1-3H3,(H,15,16). The summed E-state index contributed by atoms with van der Waals surface area (Å²) in [6, 6.07) is 6.30. The topological polar surface area (TPSA) is 40.5 Å². The largest absolute Gasteiger partial charge is 0.481 e. The number of nitrogens with zero attached hydrogens (tertiary/aromatic N) is 1. The van der Waals surface area contributed by atoms with Crippen LogP contribution >= 0.6 is 0 Å². The van der Waals surface area contributed by atoms with Gasteiger partial charge in [0.15, 0.2) is 0 Å². The van der Waals surface area contributed by atoms with Crippen molar-refractivity contribution in [3.8, 4) is 0 Å². The molecule has 0 spiro atoms. The van der Waals surface area contributed by atoms with E-state index in [-0.39, 0.29) is 6.42 Å². The van der Waals surface area contributed by atoms with Crippen molar-refractivity contribution in [3.63, 3.8) is 0 Å². The van der Waals surface area contributed by atoms with Crippen molar-refractivity contribution < 1.29 is 9.90 Å². The zero-order chi connectivity index (χ0) is 12.1. The molecule has 0 bridgehead atoms. The molecule has 0 atom stereocenters. The van der Waals surface area contributed by atoms with Gasteiger partial charge in [-0.1, -0.05) is 17.7 Å². The van der Waals surface area contributed by atoms with Gasteiger partial charge in [-0.2, -0.15) is 0 Å². The summed E-state index contributed by atoms with van der Waals surface area (Å²) in [6.45, 7) is 2.06. The molecule has 1 aromatic rings. The molecule has 1 aromatic carbocycles. The van der Waals surface area contributed by atoms with Gasteiger partial charge in [0.25, 0.3) is 0 Å². The fourth-order valence-electron chi connectivity index (χ4n) is 1.78. The highest BCUT2D eigenvalue weighted by molar-refractivity contribution is 5.66. The van der Waals surface area contributed by atoms with Crippen molar-refractivity contribution >= 4 is 11.7 Å². The second-order valence-corrected chi connectivity index (χ2v) is 4.27. The lowest BCUT2D eigenvalue weighted by Gasteiger charge is -2.18. The molecule has 0 aliphatic rings. The van der Waals surface area contributed by atoms with Gasteiger partial charge in [-0.05, 0) is 31.4 Å². The zero-order valence-electron chi connectivity index (χ0n) is 10.2. The maximum absolute atomic E-state index is 10.5. The molecule has 0 fully saturated rings. The van der Waals surface area contributed by atoms with Crippen LogP contribution in [0.5, 0.6) is 0 Å². The highest BCUT2D eigenvalue weighted by Crippen LogP contribution is 2.21. The average molecular weight is 221 g/mol. The van der Waals surface area contributed by atoms with Gasteiger partial charge in [0.2, 0.25) is 0 Å². The Kier molecular flexibility index (Phi) is 4.35. The molecule has 1 rings (SSSR count). The monoisotopic (exact) mass is 221 g/mol. The smallest absolute Gasteiger partial charge is 0.303 e. The maximum Gasteiger partial charge on any atom is 0.303 e. The van der Waals surface area contributed by atoms with Crippen molar-refractivity contribution in [2.24, 2.45) is 0 Å². The average Bonchev–Trinajstić information content (AvgIpc) is 2.16. The third-order valence-electron chi connectivity index (χ3n) is 2.55. The van der Waals surface area contributed by atoms with Crippen molar-refractivity contribution in [3.05, 3.63) is 29.3 Å². The third kappa shape index (κ3) is 3.57. The summed E-state index contributed by atoms with van der Waals surface area (Å²) in [5, 5.41) is 8.61. The highest BCUT2D eigenvalue weighted by atomic mass is 16.4. The van der Waals surface area contributed by atoms with Gasteiger partial charge in [-0.3, -0.25) is 4.79 Å². The molecular formula is C13H19NO2. The third-order valence-corrected chi connectivity index (χ3v) is 2.55. The predicted molar refractivity (Wildman–Crippen MR) is 66.1 cm³/mol. The summed E-state index contributed by atoms with van der Waals surface area (Å²) in [5.41, 5.74) is 3.62. The van der Waals surface area contributed by atoms with E-state index in [2.05, 4.69) is 30.0 Å². The molecule has 16 heavy (non-hydrogen) atoms. The summed E-state index contributed by atoms with van der Waals surface area (Å²) in [5.74, 6) is -0.723. The molecule has 0 radical (unpaired) electrons. The first kappa shape index (κ1) is 12.6. The minimum atomic E-state index is -0.723. The highest BCUT2D eigenvalue weighted by Gasteiger charge is 2.05. The van der Waals surface area contributed by atoms with Crippen LogP contribution in [0.2, 0.25) is 0 Å². The van der Waals surface area contributed by atoms with E-state index < -0.39 is 5.97 Å². The van der Waals surface area contributed by atoms with Crippen LogP contribution in [0.25, 0.3) is 0 Å². The number of carbonyl (C=O) groups is 1. The van der Waals surface area contributed by atoms with Gasteiger partial charge in [0.05, 0.1) is 0 Å². The van der Waals surface area contributed by atoms with Crippen LogP contribution in [0.15, 0.2) is 18.2 Å². The Labute approximate surface area is 96.7 Å². The van der Waals surface area contributed by atoms with Crippen molar-refractivity contribution in [2.45, 2.75) is 26.2 Å². The predicted octanol–water partition coefficient (Wildman–Crippen LogP) is 2.47. The zero-order valence-corrected chi connectivity index (χ0v) is 10.2. The van der Waals surface area contributed by atoms with E-state index in [1.165, 1.54) is 16.8 Å². The van der Waals surface area contributed by atoms with Crippen LogP contribution < -0.4 is 4.90 Å². The molecule has 0 aromatic heterocycles. The number of anilines is 1. The quantitative estimate of drug-likeness (QED) is 0.830. The summed E-state index contributed by atoms with van der Waals surface area (Å²) in [6.07, 6.45) is 1.75. The summed E-state index contributed by atoms with van der Waals surface area (Å²) < 4.78 is 0. The molecule has 88 valence electrons. The lowest BCUT2D eigenvalue weighted by Crippen LogP contribution is -2.11. The second kappa shape index (κ2) is 5.54. The van der Waals surface area contributed by atoms with Crippen molar-refractivity contribution in [1.82, 2.24) is 0 Å². The summed E-state index contributed by atoms with van der Waals surface area (Å²) in [7, 11) is 4.01. The number of benzene rings is 1. The van der Waals surface area contributed by atoms with Crippen LogP contribution in [0.4, 0.5) is 5.69 Å². The number of hydrogen-bond acceptors (Lipinski definition) is 2. The minimum Gasteiger partial charge on any atom is -0.481 e. The SMILES string of the molecule is Cc1ccc(N(C)C)c(CCCC(=O)O)c1. The molecule has 0 unspecified atom stereocenters. The molecule has 0 saturated carbocycles. The number of aryl methyl sites for hydroxylation is 2. The Morgan fingerprint density at radius 3 is 2.62 bits per heavy atom. The Morgan fingerprint density at radius 1 is 1.38 bits per heavy atom. The van der Waals surface area contributed by atoms with Crippen molar-refractivity contribution in [1.29, 1.82) is 0 Å². The van der Waals surface area contributed by atoms with E-state index in [4.69, 9.17) is 5.11 Å². The van der Waals surface area contributed by atoms with Crippen LogP contribution in [-0.2, 0) is 11.2 Å². The molecule has 3 heteroatoms. The number of carboxylic acid groups (broad SMARTS) is 1. The van der Waals surface area contributed by atoms with Gasteiger partial charge in [0.1, 0.15) is 0 Å². The Balaban J connectivity index is 2.76. The molecular weight excluding hydrogens is 202 g/mol. The van der Waals surface area contributed by atoms with E-state index in [1.807, 2.05) is 14.1 Å². The summed E-state index contributed by atoms with van der Waals surface area (Å²) >= 11 is 0. The van der Waals surface area contributed by atoms with Crippen LogP contribution in [0, 0.1) is 6.92 Å². The normalized spacial score (nSPS) is 10.2. The van der Waals surface area contributed by atoms with Gasteiger partial charge in [-0.25, -0.2) is 0 Å². The Hall–Kier alpha value is -1.51. The lowest BCUT2D eigenvalue weighted by atomic mass is 10.0. The second-order valence-electron chi connectivity index (χ2n) is 4.27. The van der Waals surface area contributed by atoms with Gasteiger partial charge in [-0.15, -0.1) is 0 Å². The van der Waals surface area contributed by atoms with Crippen LogP contribution in [0.1, 0.15) is 24.0 Å². The van der Waals surface area contributed by atoms with Crippen LogP contribution in [0.3, 0.4) is 0 Å². The number of hydrogen-bond donors (Lipinski definition) is 1. The number of rotatable bonds is 5. The first-order valence-electron chi connectivity index (χ1n) is 5.49. The molecule has 0 aliphatic carbocycles. The van der Waals surface area contributed by atoms with Gasteiger partial charge >= 0.3 is 5.97 Å². The van der Waals surface area contributed by atoms with Gasteiger partial charge < -0.3 is 10.0 Å².